The monoisotopic (exact) mass is 323 g/mol. The first-order chi connectivity index (χ1) is 10.7. The Balaban J connectivity index is 2.15. The van der Waals surface area contributed by atoms with Crippen molar-refractivity contribution in [3.8, 4) is 0 Å². The van der Waals surface area contributed by atoms with Gasteiger partial charge in [-0.25, -0.2) is 14.0 Å². The van der Waals surface area contributed by atoms with Crippen molar-refractivity contribution >= 4 is 12.1 Å². The second-order valence-corrected chi connectivity index (χ2v) is 6.80. The second kappa shape index (κ2) is 6.56. The molecule has 0 saturated carbocycles. The molecule has 1 heterocycles. The Morgan fingerprint density at radius 1 is 1.35 bits per heavy atom. The fraction of sp³-hybridized carbons (Fsp3) is 0.529. The number of carboxylic acid groups (broad SMARTS) is 1. The number of carbonyl (C=O) groups is 2. The summed E-state index contributed by atoms with van der Waals surface area (Å²) in [5.74, 6) is -1.78. The topological polar surface area (TPSA) is 66.8 Å². The zero-order chi connectivity index (χ0) is 17.2. The van der Waals surface area contributed by atoms with Crippen molar-refractivity contribution in [3.63, 3.8) is 0 Å². The Morgan fingerprint density at radius 3 is 2.57 bits per heavy atom. The molecule has 1 aromatic rings. The minimum Gasteiger partial charge on any atom is -0.480 e. The van der Waals surface area contributed by atoms with E-state index in [0.717, 1.165) is 0 Å². The van der Waals surface area contributed by atoms with Crippen LogP contribution in [0.3, 0.4) is 0 Å². The lowest BCUT2D eigenvalue weighted by molar-refractivity contribution is -0.143. The van der Waals surface area contributed by atoms with E-state index in [1.54, 1.807) is 39.0 Å². The highest BCUT2D eigenvalue weighted by Gasteiger charge is 2.43. The van der Waals surface area contributed by atoms with Gasteiger partial charge in [0.25, 0.3) is 0 Å². The highest BCUT2D eigenvalue weighted by atomic mass is 19.1. The molecule has 2 atom stereocenters. The minimum absolute atomic E-state index is 0.281. The molecule has 1 aliphatic rings. The van der Waals surface area contributed by atoms with E-state index in [1.807, 2.05) is 0 Å². The highest BCUT2D eigenvalue weighted by Crippen LogP contribution is 2.30. The lowest BCUT2D eigenvalue weighted by atomic mass is 9.92. The molecule has 0 spiro atoms. The summed E-state index contributed by atoms with van der Waals surface area (Å²) in [4.78, 5) is 25.1. The van der Waals surface area contributed by atoms with Crippen LogP contribution in [0.15, 0.2) is 24.3 Å². The third-order valence-electron chi connectivity index (χ3n) is 3.84. The lowest BCUT2D eigenvalue weighted by Crippen LogP contribution is -2.45. The average molecular weight is 323 g/mol. The number of hydrogen-bond acceptors (Lipinski definition) is 3. The van der Waals surface area contributed by atoms with Crippen LogP contribution >= 0.6 is 0 Å². The van der Waals surface area contributed by atoms with E-state index in [9.17, 15) is 19.1 Å². The first-order valence-corrected chi connectivity index (χ1v) is 7.65. The average Bonchev–Trinajstić information content (AvgIpc) is 2.83. The number of ether oxygens (including phenoxy) is 1. The molecule has 0 bridgehead atoms. The predicted octanol–water partition coefficient (Wildman–Crippen LogP) is 3.08. The van der Waals surface area contributed by atoms with Crippen LogP contribution in [0.25, 0.3) is 0 Å². The molecular weight excluding hydrogens is 301 g/mol. The largest absolute Gasteiger partial charge is 0.480 e. The number of rotatable bonds is 3. The maximum Gasteiger partial charge on any atom is 0.411 e. The molecule has 2 rings (SSSR count). The normalized spacial score (nSPS) is 21.3. The Labute approximate surface area is 135 Å². The van der Waals surface area contributed by atoms with E-state index < -0.39 is 23.7 Å². The Morgan fingerprint density at radius 2 is 2.00 bits per heavy atom. The zero-order valence-corrected chi connectivity index (χ0v) is 13.6. The van der Waals surface area contributed by atoms with E-state index in [2.05, 4.69) is 0 Å². The van der Waals surface area contributed by atoms with Crippen molar-refractivity contribution in [2.75, 3.05) is 6.54 Å². The Hall–Kier alpha value is -2.11. The van der Waals surface area contributed by atoms with Crippen molar-refractivity contribution in [1.82, 2.24) is 4.90 Å². The van der Waals surface area contributed by atoms with Crippen LogP contribution in [0.1, 0.15) is 32.8 Å². The zero-order valence-electron chi connectivity index (χ0n) is 13.6. The van der Waals surface area contributed by atoms with Crippen LogP contribution < -0.4 is 0 Å². The molecule has 0 aromatic heterocycles. The number of aliphatic carboxylic acids is 1. The van der Waals surface area contributed by atoms with E-state index in [1.165, 1.54) is 11.0 Å². The molecule has 23 heavy (non-hydrogen) atoms. The summed E-state index contributed by atoms with van der Waals surface area (Å²) in [6, 6.07) is 5.31. The van der Waals surface area contributed by atoms with Gasteiger partial charge < -0.3 is 9.84 Å². The highest BCUT2D eigenvalue weighted by molar-refractivity contribution is 5.81. The van der Waals surface area contributed by atoms with Gasteiger partial charge in [0.15, 0.2) is 0 Å². The molecule has 6 heteroatoms. The number of halogens is 1. The molecule has 1 aliphatic heterocycles. The van der Waals surface area contributed by atoms with Gasteiger partial charge in [-0.05, 0) is 51.2 Å². The third kappa shape index (κ3) is 4.21. The maximum absolute atomic E-state index is 13.8. The second-order valence-electron chi connectivity index (χ2n) is 6.80. The summed E-state index contributed by atoms with van der Waals surface area (Å²) >= 11 is 0. The van der Waals surface area contributed by atoms with E-state index in [4.69, 9.17) is 4.74 Å². The summed E-state index contributed by atoms with van der Waals surface area (Å²) in [5, 5.41) is 9.51. The summed E-state index contributed by atoms with van der Waals surface area (Å²) < 4.78 is 19.1. The number of amides is 1. The van der Waals surface area contributed by atoms with Gasteiger partial charge in [0.1, 0.15) is 17.5 Å². The SMILES string of the molecule is CC(C)(C)OC(=O)N1CC[C@@H](Cc2ccccc2F)[C@@H]1C(=O)O. The predicted molar refractivity (Wildman–Crippen MR) is 82.6 cm³/mol. The van der Waals surface area contributed by atoms with Crippen molar-refractivity contribution in [1.29, 1.82) is 0 Å². The van der Waals surface area contributed by atoms with Crippen molar-refractivity contribution in [2.45, 2.75) is 45.3 Å². The van der Waals surface area contributed by atoms with Crippen molar-refractivity contribution in [3.05, 3.63) is 35.6 Å². The fourth-order valence-electron chi connectivity index (χ4n) is 2.88. The van der Waals surface area contributed by atoms with E-state index in [-0.39, 0.29) is 18.2 Å². The van der Waals surface area contributed by atoms with Crippen LogP contribution in [0.4, 0.5) is 9.18 Å². The van der Waals surface area contributed by atoms with Crippen LogP contribution in [0, 0.1) is 11.7 Å². The smallest absolute Gasteiger partial charge is 0.411 e. The van der Waals surface area contributed by atoms with E-state index in [0.29, 0.717) is 18.5 Å². The molecule has 1 amide bonds. The molecule has 1 N–H and O–H groups in total. The summed E-state index contributed by atoms with van der Waals surface area (Å²) in [6.07, 6.45) is 0.147. The molecular formula is C17H22FNO4. The van der Waals surface area contributed by atoms with Gasteiger partial charge in [0.2, 0.25) is 0 Å². The molecule has 1 saturated heterocycles. The van der Waals surface area contributed by atoms with Gasteiger partial charge in [-0.2, -0.15) is 0 Å². The standard InChI is InChI=1S/C17H22FNO4/c1-17(2,3)23-16(22)19-9-8-12(14(19)15(20)21)10-11-6-4-5-7-13(11)18/h4-7,12,14H,8-10H2,1-3H3,(H,20,21)/t12-,14+/m0/s1. The molecule has 1 fully saturated rings. The summed E-state index contributed by atoms with van der Waals surface area (Å²) in [7, 11) is 0. The Bertz CT molecular complexity index is 597. The first-order valence-electron chi connectivity index (χ1n) is 7.65. The molecule has 0 aliphatic carbocycles. The van der Waals surface area contributed by atoms with Gasteiger partial charge >= 0.3 is 12.1 Å². The quantitative estimate of drug-likeness (QED) is 0.928. The number of carbonyl (C=O) groups excluding carboxylic acids is 1. The maximum atomic E-state index is 13.8. The summed E-state index contributed by atoms with van der Waals surface area (Å²) in [6.45, 7) is 5.49. The Kier molecular flexibility index (Phi) is 4.92. The molecule has 5 nitrogen and oxygen atoms in total. The number of benzene rings is 1. The lowest BCUT2D eigenvalue weighted by Gasteiger charge is -2.28. The molecule has 1 aromatic carbocycles. The van der Waals surface area contributed by atoms with Crippen molar-refractivity contribution in [2.24, 2.45) is 5.92 Å². The van der Waals surface area contributed by atoms with Gasteiger partial charge in [-0.15, -0.1) is 0 Å². The molecule has 126 valence electrons. The van der Waals surface area contributed by atoms with Crippen molar-refractivity contribution < 1.29 is 23.8 Å². The van der Waals surface area contributed by atoms with Crippen LogP contribution in [-0.4, -0.2) is 40.3 Å². The van der Waals surface area contributed by atoms with Gasteiger partial charge in [-0.3, -0.25) is 4.90 Å². The van der Waals surface area contributed by atoms with Crippen LogP contribution in [0.5, 0.6) is 0 Å². The van der Waals surface area contributed by atoms with Gasteiger partial charge in [-0.1, -0.05) is 18.2 Å². The third-order valence-corrected chi connectivity index (χ3v) is 3.84. The number of carboxylic acids is 1. The van der Waals surface area contributed by atoms with Crippen LogP contribution in [0.2, 0.25) is 0 Å². The minimum atomic E-state index is -1.09. The fourth-order valence-corrected chi connectivity index (χ4v) is 2.88. The number of nitrogens with zero attached hydrogens (tertiary/aromatic N) is 1. The summed E-state index contributed by atoms with van der Waals surface area (Å²) in [5.41, 5.74) is -0.223. The molecule has 0 radical (unpaired) electrons. The number of likely N-dealkylation sites (tertiary alicyclic amines) is 1. The van der Waals surface area contributed by atoms with Gasteiger partial charge in [0.05, 0.1) is 0 Å². The first kappa shape index (κ1) is 17.2. The van der Waals surface area contributed by atoms with Gasteiger partial charge in [0, 0.05) is 6.54 Å². The van der Waals surface area contributed by atoms with E-state index >= 15 is 0 Å². The van der Waals surface area contributed by atoms with Crippen LogP contribution in [-0.2, 0) is 16.0 Å². The number of hydrogen-bond donors (Lipinski definition) is 1. The molecule has 0 unspecified atom stereocenters.